The first-order valence-electron chi connectivity index (χ1n) is 41.8. The minimum absolute atomic E-state index is 0.102. The zero-order chi connectivity index (χ0) is 73.8. The fraction of sp³-hybridized carbons (Fsp3) is 0.951. The number of carbonyl (C=O) groups excluding carboxylic acids is 4. The largest absolute Gasteiger partial charge is 0.472 e. The molecule has 0 bridgehead atoms. The molecule has 0 fully saturated rings. The SMILES string of the molecule is CCC(C)CCCCCCCCC(=O)OC[C@H](COP(=O)(O)OC[C@H](O)COP(=O)(O)OC[C@@H](COC(=O)CCCCCCCCCCCCCCCCCCCCC(C)C)OC(=O)CCCCCCCCCCCCCCCCCCC(C)C)OC(=O)CCCCCCCCC(C)CC. The van der Waals surface area contributed by atoms with Gasteiger partial charge in [0, 0.05) is 25.7 Å². The number of esters is 4. The zero-order valence-corrected chi connectivity index (χ0v) is 67.6. The van der Waals surface area contributed by atoms with Crippen molar-refractivity contribution >= 4 is 39.5 Å². The number of phosphoric ester groups is 2. The van der Waals surface area contributed by atoms with Gasteiger partial charge in [0.15, 0.2) is 12.2 Å². The molecule has 0 aliphatic heterocycles. The second-order valence-electron chi connectivity index (χ2n) is 30.6. The van der Waals surface area contributed by atoms with Crippen molar-refractivity contribution in [2.24, 2.45) is 23.7 Å². The van der Waals surface area contributed by atoms with Crippen LogP contribution in [0.2, 0.25) is 0 Å². The van der Waals surface area contributed by atoms with Crippen molar-refractivity contribution in [2.75, 3.05) is 39.6 Å². The van der Waals surface area contributed by atoms with Crippen molar-refractivity contribution in [3.8, 4) is 0 Å². The van der Waals surface area contributed by atoms with Crippen LogP contribution in [0.3, 0.4) is 0 Å². The fourth-order valence-electron chi connectivity index (χ4n) is 12.4. The van der Waals surface area contributed by atoms with E-state index in [1.807, 2.05) is 0 Å². The van der Waals surface area contributed by atoms with Gasteiger partial charge < -0.3 is 33.8 Å². The average Bonchev–Trinajstić information content (AvgIpc) is 0.928. The van der Waals surface area contributed by atoms with Crippen LogP contribution in [0, 0.1) is 23.7 Å². The van der Waals surface area contributed by atoms with E-state index in [0.29, 0.717) is 25.7 Å². The Morgan fingerprint density at radius 3 is 0.710 bits per heavy atom. The summed E-state index contributed by atoms with van der Waals surface area (Å²) in [6.07, 6.45) is 57.2. The lowest BCUT2D eigenvalue weighted by molar-refractivity contribution is -0.161. The molecule has 0 saturated heterocycles. The van der Waals surface area contributed by atoms with Crippen LogP contribution in [0.4, 0.5) is 0 Å². The lowest BCUT2D eigenvalue weighted by Gasteiger charge is -2.21. The van der Waals surface area contributed by atoms with Gasteiger partial charge in [0.2, 0.25) is 0 Å². The number of unbranched alkanes of at least 4 members (excludes halogenated alkanes) is 42. The number of hydrogen-bond acceptors (Lipinski definition) is 15. The Morgan fingerprint density at radius 1 is 0.280 bits per heavy atom. The molecule has 0 spiro atoms. The number of rotatable bonds is 78. The molecule has 0 aromatic carbocycles. The van der Waals surface area contributed by atoms with Crippen molar-refractivity contribution in [1.82, 2.24) is 0 Å². The molecule has 19 heteroatoms. The Balaban J connectivity index is 5.20. The highest BCUT2D eigenvalue weighted by atomic mass is 31.2. The van der Waals surface area contributed by atoms with Gasteiger partial charge in [-0.1, -0.05) is 364 Å². The van der Waals surface area contributed by atoms with Crippen molar-refractivity contribution in [1.29, 1.82) is 0 Å². The quantitative estimate of drug-likeness (QED) is 0.0222. The standard InChI is InChI=1S/C81H158O17P2/c1-9-73(7)59-51-43-37-39-46-54-62-79(84)92-68-77(98-81(86)64-56-48-40-38-44-52-60-74(8)10-2)70-96-100(89,90)94-66-75(82)65-93-99(87,88)95-69-76(97-80(85)63-55-47-36-32-28-24-20-16-15-18-22-26-30-34-42-50-58-72(5)6)67-91-78(83)61-53-45-35-31-27-23-19-14-12-11-13-17-21-25-29-33-41-49-57-71(3)4/h71-77,82H,9-70H2,1-8H3,(H,87,88)(H,89,90)/t73?,74?,75-,76-,77-/m1/s1. The molecule has 17 nitrogen and oxygen atoms in total. The molecule has 0 aromatic heterocycles. The van der Waals surface area contributed by atoms with E-state index < -0.39 is 97.5 Å². The van der Waals surface area contributed by atoms with E-state index in [9.17, 15) is 43.2 Å². The van der Waals surface area contributed by atoms with E-state index in [1.165, 1.54) is 212 Å². The first kappa shape index (κ1) is 98.1. The van der Waals surface area contributed by atoms with E-state index in [1.54, 1.807) is 0 Å². The van der Waals surface area contributed by atoms with Crippen LogP contribution in [-0.2, 0) is 65.4 Å². The Kier molecular flexibility index (Phi) is 68.7. The number of hydrogen-bond donors (Lipinski definition) is 3. The monoisotopic (exact) mass is 1470 g/mol. The van der Waals surface area contributed by atoms with Crippen LogP contribution in [-0.4, -0.2) is 96.7 Å². The fourth-order valence-corrected chi connectivity index (χ4v) is 13.9. The summed E-state index contributed by atoms with van der Waals surface area (Å²) >= 11 is 0. The van der Waals surface area contributed by atoms with Crippen LogP contribution in [0.1, 0.15) is 415 Å². The highest BCUT2D eigenvalue weighted by Crippen LogP contribution is 2.45. The third kappa shape index (κ3) is 71.7. The zero-order valence-electron chi connectivity index (χ0n) is 65.8. The molecule has 0 heterocycles. The van der Waals surface area contributed by atoms with Crippen LogP contribution in [0.15, 0.2) is 0 Å². The van der Waals surface area contributed by atoms with Gasteiger partial charge in [-0.2, -0.15) is 0 Å². The van der Waals surface area contributed by atoms with Crippen molar-refractivity contribution < 1.29 is 80.2 Å². The maximum absolute atomic E-state index is 13.1. The van der Waals surface area contributed by atoms with Gasteiger partial charge in [0.25, 0.3) is 0 Å². The van der Waals surface area contributed by atoms with Gasteiger partial charge >= 0.3 is 39.5 Å². The van der Waals surface area contributed by atoms with Crippen LogP contribution < -0.4 is 0 Å². The average molecular weight is 1470 g/mol. The van der Waals surface area contributed by atoms with Gasteiger partial charge in [-0.25, -0.2) is 9.13 Å². The third-order valence-corrected chi connectivity index (χ3v) is 21.4. The van der Waals surface area contributed by atoms with Crippen LogP contribution in [0.25, 0.3) is 0 Å². The lowest BCUT2D eigenvalue weighted by atomic mass is 10.00. The Bertz CT molecular complexity index is 1960. The molecule has 0 aliphatic rings. The summed E-state index contributed by atoms with van der Waals surface area (Å²) in [7, 11) is -9.92. The maximum atomic E-state index is 13.1. The van der Waals surface area contributed by atoms with Crippen molar-refractivity contribution in [2.45, 2.75) is 433 Å². The third-order valence-electron chi connectivity index (χ3n) is 19.5. The number of carbonyl (C=O) groups is 4. The van der Waals surface area contributed by atoms with Crippen LogP contribution >= 0.6 is 15.6 Å². The van der Waals surface area contributed by atoms with E-state index in [-0.39, 0.29) is 25.7 Å². The molecule has 0 radical (unpaired) electrons. The summed E-state index contributed by atoms with van der Waals surface area (Å²) in [5.41, 5.74) is 0. The van der Waals surface area contributed by atoms with E-state index in [2.05, 4.69) is 55.4 Å². The van der Waals surface area contributed by atoms with Gasteiger partial charge in [-0.15, -0.1) is 0 Å². The molecular weight excluding hydrogens is 1310 g/mol. The molecule has 0 amide bonds. The summed E-state index contributed by atoms with van der Waals surface area (Å²) in [6, 6.07) is 0. The molecular formula is C81H158O17P2. The Morgan fingerprint density at radius 2 is 0.480 bits per heavy atom. The summed E-state index contributed by atoms with van der Waals surface area (Å²) in [5.74, 6) is 0.964. The molecule has 7 atom stereocenters. The van der Waals surface area contributed by atoms with Crippen molar-refractivity contribution in [3.05, 3.63) is 0 Å². The highest BCUT2D eigenvalue weighted by Gasteiger charge is 2.30. The van der Waals surface area contributed by atoms with Gasteiger partial charge in [-0.3, -0.25) is 37.3 Å². The number of phosphoric acid groups is 2. The summed E-state index contributed by atoms with van der Waals surface area (Å²) in [5, 5.41) is 10.6. The highest BCUT2D eigenvalue weighted by molar-refractivity contribution is 7.47. The molecule has 3 N–H and O–H groups in total. The maximum Gasteiger partial charge on any atom is 0.472 e. The molecule has 0 saturated carbocycles. The molecule has 0 rings (SSSR count). The summed E-state index contributed by atoms with van der Waals surface area (Å²) < 4.78 is 68.6. The van der Waals surface area contributed by atoms with Gasteiger partial charge in [-0.05, 0) is 49.4 Å². The molecule has 4 unspecified atom stereocenters. The molecule has 0 aromatic rings. The van der Waals surface area contributed by atoms with Gasteiger partial charge in [0.1, 0.15) is 19.3 Å². The first-order chi connectivity index (χ1) is 48.2. The van der Waals surface area contributed by atoms with Crippen LogP contribution in [0.5, 0.6) is 0 Å². The minimum Gasteiger partial charge on any atom is -0.462 e. The second-order valence-corrected chi connectivity index (χ2v) is 33.5. The second kappa shape index (κ2) is 70.1. The number of aliphatic hydroxyl groups is 1. The van der Waals surface area contributed by atoms with E-state index >= 15 is 0 Å². The predicted octanol–water partition coefficient (Wildman–Crippen LogP) is 24.0. The molecule has 0 aliphatic carbocycles. The summed E-state index contributed by atoms with van der Waals surface area (Å²) in [6.45, 7) is 14.2. The van der Waals surface area contributed by atoms with E-state index in [0.717, 1.165) is 120 Å². The predicted molar refractivity (Wildman–Crippen MR) is 409 cm³/mol. The minimum atomic E-state index is -4.96. The smallest absolute Gasteiger partial charge is 0.462 e. The molecule has 594 valence electrons. The normalized spacial score (nSPS) is 14.6. The van der Waals surface area contributed by atoms with E-state index in [4.69, 9.17) is 37.0 Å². The lowest BCUT2D eigenvalue weighted by Crippen LogP contribution is -2.30. The topological polar surface area (TPSA) is 237 Å². The summed E-state index contributed by atoms with van der Waals surface area (Å²) in [4.78, 5) is 72.9. The van der Waals surface area contributed by atoms with Crippen molar-refractivity contribution in [3.63, 3.8) is 0 Å². The first-order valence-corrected chi connectivity index (χ1v) is 44.8. The number of ether oxygens (including phenoxy) is 4. The van der Waals surface area contributed by atoms with Gasteiger partial charge in [0.05, 0.1) is 26.4 Å². The Hall–Kier alpha value is -1.94. The number of aliphatic hydroxyl groups excluding tert-OH is 1. The Labute approximate surface area is 613 Å². The molecule has 100 heavy (non-hydrogen) atoms.